The number of aryl methyl sites for hydroxylation is 1. The number of methoxy groups -OCH3 is 3. The maximum absolute atomic E-state index is 13.4. The van der Waals surface area contributed by atoms with Crippen molar-refractivity contribution in [3.63, 3.8) is 0 Å². The van der Waals surface area contributed by atoms with Crippen LogP contribution in [0.3, 0.4) is 0 Å². The van der Waals surface area contributed by atoms with Crippen LogP contribution in [0.4, 0.5) is 5.69 Å². The molecule has 0 spiro atoms. The predicted molar refractivity (Wildman–Crippen MR) is 131 cm³/mol. The Bertz CT molecular complexity index is 1240. The van der Waals surface area contributed by atoms with Gasteiger partial charge in [-0.1, -0.05) is 29.8 Å². The van der Waals surface area contributed by atoms with Gasteiger partial charge in [-0.05, 0) is 12.1 Å². The van der Waals surface area contributed by atoms with Gasteiger partial charge in [0.05, 0.1) is 38.0 Å². The molecule has 9 nitrogen and oxygen atoms in total. The largest absolute Gasteiger partial charge is 0.496 e. The minimum atomic E-state index is -0.578. The third-order valence-corrected chi connectivity index (χ3v) is 6.39. The van der Waals surface area contributed by atoms with E-state index in [1.807, 2.05) is 42.1 Å². The Hall–Kier alpha value is -3.72. The van der Waals surface area contributed by atoms with Gasteiger partial charge in [0.2, 0.25) is 11.8 Å². The van der Waals surface area contributed by atoms with Gasteiger partial charge >= 0.3 is 0 Å². The lowest BCUT2D eigenvalue weighted by Crippen LogP contribution is -2.37. The van der Waals surface area contributed by atoms with Crippen molar-refractivity contribution in [2.24, 2.45) is 13.0 Å². The van der Waals surface area contributed by atoms with Gasteiger partial charge < -0.3 is 29.0 Å². The third-order valence-electron chi connectivity index (χ3n) is 6.09. The molecule has 1 fully saturated rings. The monoisotopic (exact) mass is 498 g/mol. The first-order valence-electron chi connectivity index (χ1n) is 11.0. The molecule has 0 aliphatic carbocycles. The van der Waals surface area contributed by atoms with Crippen molar-refractivity contribution in [2.75, 3.05) is 32.8 Å². The summed E-state index contributed by atoms with van der Waals surface area (Å²) in [6, 6.07) is 10.1. The van der Waals surface area contributed by atoms with Crippen molar-refractivity contribution in [1.29, 1.82) is 0 Å². The Labute approximate surface area is 208 Å². The number of para-hydroxylation sites is 1. The molecule has 4 rings (SSSR count). The summed E-state index contributed by atoms with van der Waals surface area (Å²) in [6.07, 6.45) is 3.53. The first kappa shape index (κ1) is 24.4. The fourth-order valence-electron chi connectivity index (χ4n) is 4.27. The zero-order valence-corrected chi connectivity index (χ0v) is 20.7. The predicted octanol–water partition coefficient (Wildman–Crippen LogP) is 3.36. The topological polar surface area (TPSA) is 94.9 Å². The summed E-state index contributed by atoms with van der Waals surface area (Å²) in [5.41, 5.74) is 1.26. The second kappa shape index (κ2) is 10.3. The van der Waals surface area contributed by atoms with E-state index in [1.54, 1.807) is 25.4 Å². The van der Waals surface area contributed by atoms with Gasteiger partial charge in [0, 0.05) is 44.0 Å². The van der Waals surface area contributed by atoms with E-state index in [-0.39, 0.29) is 24.8 Å². The zero-order chi connectivity index (χ0) is 25.1. The fraction of sp³-hybridized carbons (Fsp3) is 0.320. The molecule has 1 N–H and O–H groups in total. The van der Waals surface area contributed by atoms with E-state index in [0.29, 0.717) is 33.8 Å². The smallest absolute Gasteiger partial charge is 0.227 e. The first-order valence-corrected chi connectivity index (χ1v) is 11.4. The molecule has 0 bridgehead atoms. The molecule has 35 heavy (non-hydrogen) atoms. The lowest BCUT2D eigenvalue weighted by molar-refractivity contribution is -0.126. The van der Waals surface area contributed by atoms with Gasteiger partial charge in [-0.25, -0.2) is 4.98 Å². The average molecular weight is 499 g/mol. The number of aromatic nitrogens is 2. The Morgan fingerprint density at radius 3 is 2.49 bits per heavy atom. The normalized spacial score (nSPS) is 16.2. The van der Waals surface area contributed by atoms with Gasteiger partial charge in [0.1, 0.15) is 29.1 Å². The molecule has 184 valence electrons. The molecule has 0 unspecified atom stereocenters. The molecule has 0 saturated carbocycles. The second-order valence-corrected chi connectivity index (χ2v) is 8.55. The summed E-state index contributed by atoms with van der Waals surface area (Å²) >= 11 is 6.30. The van der Waals surface area contributed by atoms with Crippen LogP contribution in [-0.4, -0.2) is 49.2 Å². The van der Waals surface area contributed by atoms with E-state index >= 15 is 0 Å². The average Bonchev–Trinajstić information content (AvgIpc) is 3.47. The summed E-state index contributed by atoms with van der Waals surface area (Å²) in [4.78, 5) is 32.3. The van der Waals surface area contributed by atoms with E-state index in [1.165, 1.54) is 19.1 Å². The lowest BCUT2D eigenvalue weighted by Gasteiger charge is -2.23. The molecule has 10 heteroatoms. The van der Waals surface area contributed by atoms with Crippen LogP contribution in [0.15, 0.2) is 48.8 Å². The van der Waals surface area contributed by atoms with Crippen LogP contribution in [0.25, 0.3) is 0 Å². The highest BCUT2D eigenvalue weighted by Gasteiger charge is 2.38. The summed E-state index contributed by atoms with van der Waals surface area (Å²) < 4.78 is 18.1. The van der Waals surface area contributed by atoms with E-state index in [9.17, 15) is 9.59 Å². The molecular weight excluding hydrogens is 472 g/mol. The van der Waals surface area contributed by atoms with Crippen molar-refractivity contribution >= 4 is 29.1 Å². The third kappa shape index (κ3) is 4.77. The Morgan fingerprint density at radius 1 is 1.11 bits per heavy atom. The van der Waals surface area contributed by atoms with Crippen LogP contribution in [0.1, 0.15) is 23.9 Å². The van der Waals surface area contributed by atoms with Crippen molar-refractivity contribution in [1.82, 2.24) is 14.9 Å². The highest BCUT2D eigenvalue weighted by Crippen LogP contribution is 2.40. The van der Waals surface area contributed by atoms with E-state index in [2.05, 4.69) is 10.3 Å². The number of amides is 2. The first-order chi connectivity index (χ1) is 16.9. The SMILES string of the molecule is COc1cc(OC)c(N2C[C@@H](C(=O)N[C@@H](c3ccccc3OC)c3nccn3C)CC2=O)cc1Cl. The number of carbonyl (C=O) groups excluding carboxylic acids is 2. The highest BCUT2D eigenvalue weighted by molar-refractivity contribution is 6.32. The molecule has 2 aromatic carbocycles. The van der Waals surface area contributed by atoms with Crippen LogP contribution < -0.4 is 24.4 Å². The molecule has 1 saturated heterocycles. The number of imidazole rings is 1. The highest BCUT2D eigenvalue weighted by atomic mass is 35.5. The minimum Gasteiger partial charge on any atom is -0.496 e. The van der Waals surface area contributed by atoms with Gasteiger partial charge in [-0.3, -0.25) is 9.59 Å². The molecule has 2 amide bonds. The fourth-order valence-corrected chi connectivity index (χ4v) is 4.51. The summed E-state index contributed by atoms with van der Waals surface area (Å²) in [6.45, 7) is 0.183. The standard InChI is InChI=1S/C25H27ClN4O5/c1-29-10-9-27-24(29)23(16-7-5-6-8-19(16)33-2)28-25(32)15-11-22(31)30(14-15)18-12-17(26)20(34-3)13-21(18)35-4/h5-10,12-13,15,23H,11,14H2,1-4H3,(H,28,32)/t15-,23-/m0/s1. The van der Waals surface area contributed by atoms with Crippen molar-refractivity contribution in [3.8, 4) is 17.2 Å². The molecule has 2 atom stereocenters. The molecule has 1 aromatic heterocycles. The van der Waals surface area contributed by atoms with Gasteiger partial charge in [0.15, 0.2) is 0 Å². The molecule has 3 aromatic rings. The van der Waals surface area contributed by atoms with Gasteiger partial charge in [-0.15, -0.1) is 0 Å². The van der Waals surface area contributed by atoms with Crippen LogP contribution in [0.5, 0.6) is 17.2 Å². The molecular formula is C25H27ClN4O5. The molecule has 0 radical (unpaired) electrons. The Morgan fingerprint density at radius 2 is 1.83 bits per heavy atom. The number of anilines is 1. The number of rotatable bonds is 8. The Balaban J connectivity index is 1.60. The number of nitrogens with zero attached hydrogens (tertiary/aromatic N) is 3. The zero-order valence-electron chi connectivity index (χ0n) is 19.9. The van der Waals surface area contributed by atoms with E-state index in [4.69, 9.17) is 25.8 Å². The number of hydrogen-bond donors (Lipinski definition) is 1. The van der Waals surface area contributed by atoms with Crippen molar-refractivity contribution in [2.45, 2.75) is 12.5 Å². The van der Waals surface area contributed by atoms with E-state index < -0.39 is 12.0 Å². The Kier molecular flexibility index (Phi) is 7.16. The number of halogens is 1. The molecule has 1 aliphatic rings. The van der Waals surface area contributed by atoms with Crippen molar-refractivity contribution < 1.29 is 23.8 Å². The minimum absolute atomic E-state index is 0.0534. The maximum Gasteiger partial charge on any atom is 0.227 e. The molecule has 1 aliphatic heterocycles. The van der Waals surface area contributed by atoms with Crippen LogP contribution in [-0.2, 0) is 16.6 Å². The summed E-state index contributed by atoms with van der Waals surface area (Å²) in [5, 5.41) is 3.43. The van der Waals surface area contributed by atoms with Gasteiger partial charge in [-0.2, -0.15) is 0 Å². The lowest BCUT2D eigenvalue weighted by atomic mass is 10.0. The number of hydrogen-bond acceptors (Lipinski definition) is 6. The van der Waals surface area contributed by atoms with Gasteiger partial charge in [0.25, 0.3) is 0 Å². The number of carbonyl (C=O) groups is 2. The number of ether oxygens (including phenoxy) is 3. The summed E-state index contributed by atoms with van der Waals surface area (Å²) in [7, 11) is 6.44. The number of benzene rings is 2. The number of nitrogens with one attached hydrogen (secondary N) is 1. The quantitative estimate of drug-likeness (QED) is 0.511. The van der Waals surface area contributed by atoms with E-state index in [0.717, 1.165) is 5.56 Å². The van der Waals surface area contributed by atoms with Crippen LogP contribution in [0, 0.1) is 5.92 Å². The molecule has 2 heterocycles. The van der Waals surface area contributed by atoms with Crippen LogP contribution >= 0.6 is 11.6 Å². The van der Waals surface area contributed by atoms with Crippen molar-refractivity contribution in [3.05, 3.63) is 65.2 Å². The second-order valence-electron chi connectivity index (χ2n) is 8.14. The maximum atomic E-state index is 13.4. The van der Waals surface area contributed by atoms with Crippen LogP contribution in [0.2, 0.25) is 5.02 Å². The summed E-state index contributed by atoms with van der Waals surface area (Å²) in [5.74, 6) is 1.10.